The highest BCUT2D eigenvalue weighted by molar-refractivity contribution is 9.10. The van der Waals surface area contributed by atoms with E-state index in [4.69, 9.17) is 4.74 Å². The van der Waals surface area contributed by atoms with Crippen LogP contribution < -0.4 is 20.8 Å². The standard InChI is InChI=1S/C22H22BrF3N4O4/c1-3-13(2)28-20(32)21(33)30-27-11-14-9-16(23)7-8-18(14)34-12-19(31)29-17-6-4-5-15(10-17)22(24,25)26/h4-11,13H,3,12H2,1-2H3,(H,28,32)(H,29,31)(H,30,33)/b27-11-/t13-/m1/s1. The number of hydrogen-bond donors (Lipinski definition) is 3. The number of hydrogen-bond acceptors (Lipinski definition) is 5. The first-order valence-electron chi connectivity index (χ1n) is 10.0. The highest BCUT2D eigenvalue weighted by Gasteiger charge is 2.30. The molecule has 0 aliphatic rings. The van der Waals surface area contributed by atoms with Gasteiger partial charge in [-0.2, -0.15) is 18.3 Å². The van der Waals surface area contributed by atoms with Crippen LogP contribution in [0.5, 0.6) is 5.75 Å². The van der Waals surface area contributed by atoms with Gasteiger partial charge in [0.2, 0.25) is 0 Å². The van der Waals surface area contributed by atoms with Crippen molar-refractivity contribution in [2.75, 3.05) is 11.9 Å². The summed E-state index contributed by atoms with van der Waals surface area (Å²) < 4.78 is 44.6. The first-order valence-corrected chi connectivity index (χ1v) is 10.8. The Morgan fingerprint density at radius 2 is 1.88 bits per heavy atom. The van der Waals surface area contributed by atoms with E-state index in [1.807, 2.05) is 6.92 Å². The fraction of sp³-hybridized carbons (Fsp3) is 0.273. The van der Waals surface area contributed by atoms with E-state index in [-0.39, 0.29) is 17.5 Å². The topological polar surface area (TPSA) is 109 Å². The third-order valence-corrected chi connectivity index (χ3v) is 4.86. The number of rotatable bonds is 8. The average molecular weight is 543 g/mol. The van der Waals surface area contributed by atoms with Crippen LogP contribution in [-0.2, 0) is 20.6 Å². The molecular formula is C22H22BrF3N4O4. The van der Waals surface area contributed by atoms with Gasteiger partial charge in [0.15, 0.2) is 6.61 Å². The Bertz CT molecular complexity index is 1080. The molecule has 2 rings (SSSR count). The maximum atomic E-state index is 12.8. The Morgan fingerprint density at radius 3 is 2.56 bits per heavy atom. The lowest BCUT2D eigenvalue weighted by Crippen LogP contribution is -2.41. The minimum Gasteiger partial charge on any atom is -0.483 e. The highest BCUT2D eigenvalue weighted by Crippen LogP contribution is 2.30. The van der Waals surface area contributed by atoms with Gasteiger partial charge in [0.1, 0.15) is 5.75 Å². The van der Waals surface area contributed by atoms with Crippen LogP contribution >= 0.6 is 15.9 Å². The smallest absolute Gasteiger partial charge is 0.416 e. The zero-order valence-corrected chi connectivity index (χ0v) is 19.8. The summed E-state index contributed by atoms with van der Waals surface area (Å²) in [5, 5.41) is 8.57. The van der Waals surface area contributed by atoms with Crippen molar-refractivity contribution in [3.8, 4) is 5.75 Å². The molecule has 0 fully saturated rings. The number of amides is 3. The van der Waals surface area contributed by atoms with E-state index in [0.29, 0.717) is 16.5 Å². The highest BCUT2D eigenvalue weighted by atomic mass is 79.9. The molecule has 3 N–H and O–H groups in total. The lowest BCUT2D eigenvalue weighted by atomic mass is 10.2. The van der Waals surface area contributed by atoms with Crippen molar-refractivity contribution in [1.82, 2.24) is 10.7 Å². The molecule has 2 aromatic carbocycles. The number of alkyl halides is 3. The number of nitrogens with one attached hydrogen (secondary N) is 3. The summed E-state index contributed by atoms with van der Waals surface area (Å²) in [5.41, 5.74) is 1.54. The van der Waals surface area contributed by atoms with Crippen molar-refractivity contribution in [3.05, 3.63) is 58.1 Å². The Kier molecular flexibility index (Phi) is 9.60. The molecule has 12 heteroatoms. The molecule has 0 aliphatic heterocycles. The fourth-order valence-electron chi connectivity index (χ4n) is 2.47. The number of halogens is 4. The van der Waals surface area contributed by atoms with Crippen LogP contribution in [0.1, 0.15) is 31.4 Å². The van der Waals surface area contributed by atoms with Crippen LogP contribution in [0.4, 0.5) is 18.9 Å². The molecule has 0 aromatic heterocycles. The van der Waals surface area contributed by atoms with Crippen molar-refractivity contribution in [2.24, 2.45) is 5.10 Å². The Morgan fingerprint density at radius 1 is 1.15 bits per heavy atom. The maximum absolute atomic E-state index is 12.8. The van der Waals surface area contributed by atoms with E-state index in [1.165, 1.54) is 24.4 Å². The minimum atomic E-state index is -4.53. The largest absolute Gasteiger partial charge is 0.483 e. The second-order valence-corrected chi connectivity index (χ2v) is 8.00. The quantitative estimate of drug-likeness (QED) is 0.267. The monoisotopic (exact) mass is 542 g/mol. The molecule has 2 aromatic rings. The third-order valence-electron chi connectivity index (χ3n) is 4.37. The van der Waals surface area contributed by atoms with E-state index in [0.717, 1.165) is 12.1 Å². The van der Waals surface area contributed by atoms with Gasteiger partial charge >= 0.3 is 18.0 Å². The van der Waals surface area contributed by atoms with Gasteiger partial charge in [-0.15, -0.1) is 0 Å². The van der Waals surface area contributed by atoms with Crippen molar-refractivity contribution < 1.29 is 32.3 Å². The molecule has 34 heavy (non-hydrogen) atoms. The molecule has 0 saturated heterocycles. The van der Waals surface area contributed by atoms with Gasteiger partial charge in [0, 0.05) is 21.8 Å². The second kappa shape index (κ2) is 12.2. The van der Waals surface area contributed by atoms with Gasteiger partial charge < -0.3 is 15.4 Å². The molecule has 0 radical (unpaired) electrons. The van der Waals surface area contributed by atoms with E-state index in [1.54, 1.807) is 19.1 Å². The van der Waals surface area contributed by atoms with Crippen LogP contribution in [0.2, 0.25) is 0 Å². The first-order chi connectivity index (χ1) is 16.0. The molecule has 0 saturated carbocycles. The molecule has 0 unspecified atom stereocenters. The summed E-state index contributed by atoms with van der Waals surface area (Å²) in [4.78, 5) is 35.7. The SMILES string of the molecule is CC[C@@H](C)NC(=O)C(=O)N/N=C\c1cc(Br)ccc1OCC(=O)Nc1cccc(C(F)(F)F)c1. The zero-order valence-electron chi connectivity index (χ0n) is 18.2. The predicted molar refractivity (Wildman–Crippen MR) is 123 cm³/mol. The summed E-state index contributed by atoms with van der Waals surface area (Å²) >= 11 is 3.28. The van der Waals surface area contributed by atoms with E-state index >= 15 is 0 Å². The number of hydrazone groups is 1. The zero-order chi connectivity index (χ0) is 25.3. The molecule has 0 bridgehead atoms. The van der Waals surface area contributed by atoms with Crippen LogP contribution in [0.3, 0.4) is 0 Å². The number of carbonyl (C=O) groups is 3. The maximum Gasteiger partial charge on any atom is 0.416 e. The van der Waals surface area contributed by atoms with Crippen LogP contribution in [0, 0.1) is 0 Å². The molecule has 8 nitrogen and oxygen atoms in total. The Hall–Kier alpha value is -3.41. The molecule has 1 atom stereocenters. The van der Waals surface area contributed by atoms with Crippen LogP contribution in [-0.4, -0.2) is 36.6 Å². The summed E-state index contributed by atoms with van der Waals surface area (Å²) in [6, 6.07) is 8.80. The minimum absolute atomic E-state index is 0.0283. The summed E-state index contributed by atoms with van der Waals surface area (Å²) in [5.74, 6) is -2.25. The van der Waals surface area contributed by atoms with E-state index < -0.39 is 36.1 Å². The van der Waals surface area contributed by atoms with E-state index in [2.05, 4.69) is 37.1 Å². The first kappa shape index (κ1) is 26.8. The van der Waals surface area contributed by atoms with Crippen molar-refractivity contribution >= 4 is 45.6 Å². The van der Waals surface area contributed by atoms with Gasteiger partial charge in [0.05, 0.1) is 11.8 Å². The molecule has 0 spiro atoms. The lowest BCUT2D eigenvalue weighted by molar-refractivity contribution is -0.139. The van der Waals surface area contributed by atoms with E-state index in [9.17, 15) is 27.6 Å². The fourth-order valence-corrected chi connectivity index (χ4v) is 2.85. The molecule has 0 heterocycles. The number of carbonyl (C=O) groups excluding carboxylic acids is 3. The van der Waals surface area contributed by atoms with Gasteiger partial charge in [0.25, 0.3) is 5.91 Å². The molecular weight excluding hydrogens is 521 g/mol. The third kappa shape index (κ3) is 8.50. The van der Waals surface area contributed by atoms with Crippen LogP contribution in [0.25, 0.3) is 0 Å². The predicted octanol–water partition coefficient (Wildman–Crippen LogP) is 3.85. The van der Waals surface area contributed by atoms with Gasteiger partial charge in [-0.05, 0) is 49.7 Å². The summed E-state index contributed by atoms with van der Waals surface area (Å²) in [6.07, 6.45) is -2.66. The number of ether oxygens (including phenoxy) is 1. The van der Waals surface area contributed by atoms with Crippen molar-refractivity contribution in [1.29, 1.82) is 0 Å². The number of benzene rings is 2. The average Bonchev–Trinajstić information content (AvgIpc) is 2.77. The number of anilines is 1. The second-order valence-electron chi connectivity index (χ2n) is 7.08. The molecule has 182 valence electrons. The van der Waals surface area contributed by atoms with Crippen molar-refractivity contribution in [3.63, 3.8) is 0 Å². The Balaban J connectivity index is 1.99. The number of nitrogens with zero attached hydrogens (tertiary/aromatic N) is 1. The summed E-state index contributed by atoms with van der Waals surface area (Å²) in [7, 11) is 0. The Labute approximate surface area is 202 Å². The van der Waals surface area contributed by atoms with Crippen LogP contribution in [0.15, 0.2) is 52.0 Å². The van der Waals surface area contributed by atoms with Crippen molar-refractivity contribution in [2.45, 2.75) is 32.5 Å². The lowest BCUT2D eigenvalue weighted by Gasteiger charge is -2.12. The summed E-state index contributed by atoms with van der Waals surface area (Å²) in [6.45, 7) is 3.11. The van der Waals surface area contributed by atoms with Gasteiger partial charge in [-0.25, -0.2) is 5.43 Å². The molecule has 3 amide bonds. The molecule has 0 aliphatic carbocycles. The van der Waals surface area contributed by atoms with Gasteiger partial charge in [-0.3, -0.25) is 14.4 Å². The normalized spacial score (nSPS) is 12.2. The van der Waals surface area contributed by atoms with Gasteiger partial charge in [-0.1, -0.05) is 28.9 Å².